The zero-order chi connectivity index (χ0) is 17.1. The molecule has 0 N–H and O–H groups in total. The van der Waals surface area contributed by atoms with E-state index in [1.807, 2.05) is 16.5 Å². The number of carbonyl (C=O) groups is 2. The first-order valence-electron chi connectivity index (χ1n) is 8.45. The molecule has 1 atom stereocenters. The summed E-state index contributed by atoms with van der Waals surface area (Å²) < 4.78 is 0. The van der Waals surface area contributed by atoms with E-state index in [1.165, 1.54) is 0 Å². The van der Waals surface area contributed by atoms with E-state index in [1.54, 1.807) is 35.2 Å². The standard InChI is InChI=1S/C16H25N5O2S/c1-18(2)16(23)21-6-3-4-13(12-21)14(22)19-7-9-20(10-8-19)15-17-5-11-24-15/h5,11,13H,3-4,6-10,12H2,1-2H3. The number of thiazole rings is 1. The van der Waals surface area contributed by atoms with Gasteiger partial charge in [-0.1, -0.05) is 0 Å². The Balaban J connectivity index is 1.54. The molecular formula is C16H25N5O2S. The average molecular weight is 351 g/mol. The summed E-state index contributed by atoms with van der Waals surface area (Å²) in [6.07, 6.45) is 3.59. The molecule has 1 aromatic heterocycles. The van der Waals surface area contributed by atoms with Crippen molar-refractivity contribution in [3.63, 3.8) is 0 Å². The number of amides is 3. The second-order valence-corrected chi connectivity index (χ2v) is 7.46. The Labute approximate surface area is 146 Å². The highest BCUT2D eigenvalue weighted by Crippen LogP contribution is 2.23. The van der Waals surface area contributed by atoms with Crippen LogP contribution in [-0.4, -0.2) is 85.0 Å². The fourth-order valence-electron chi connectivity index (χ4n) is 3.38. The summed E-state index contributed by atoms with van der Waals surface area (Å²) in [5.74, 6) is 0.138. The van der Waals surface area contributed by atoms with E-state index in [-0.39, 0.29) is 17.9 Å². The summed E-state index contributed by atoms with van der Waals surface area (Å²) in [6.45, 7) is 4.41. The number of piperazine rings is 1. The van der Waals surface area contributed by atoms with Gasteiger partial charge in [-0.3, -0.25) is 4.79 Å². The van der Waals surface area contributed by atoms with Gasteiger partial charge in [0.05, 0.1) is 5.92 Å². The van der Waals surface area contributed by atoms with Gasteiger partial charge in [-0.05, 0) is 12.8 Å². The molecule has 0 bridgehead atoms. The maximum atomic E-state index is 12.8. The minimum Gasteiger partial charge on any atom is -0.345 e. The minimum absolute atomic E-state index is 0.00101. The summed E-state index contributed by atoms with van der Waals surface area (Å²) in [5.41, 5.74) is 0. The number of likely N-dealkylation sites (tertiary alicyclic amines) is 1. The van der Waals surface area contributed by atoms with Gasteiger partial charge < -0.3 is 19.6 Å². The number of nitrogens with zero attached hydrogens (tertiary/aromatic N) is 5. The molecule has 8 heteroatoms. The molecule has 2 fully saturated rings. The Hall–Kier alpha value is -1.83. The first kappa shape index (κ1) is 17.0. The monoisotopic (exact) mass is 351 g/mol. The predicted molar refractivity (Wildman–Crippen MR) is 94.3 cm³/mol. The summed E-state index contributed by atoms with van der Waals surface area (Å²) >= 11 is 1.64. The van der Waals surface area contributed by atoms with Crippen molar-refractivity contribution in [1.82, 2.24) is 19.7 Å². The highest BCUT2D eigenvalue weighted by atomic mass is 32.1. The molecule has 0 radical (unpaired) electrons. The number of piperidine rings is 1. The van der Waals surface area contributed by atoms with Gasteiger partial charge >= 0.3 is 6.03 Å². The number of aromatic nitrogens is 1. The van der Waals surface area contributed by atoms with E-state index in [0.29, 0.717) is 6.54 Å². The van der Waals surface area contributed by atoms with Crippen molar-refractivity contribution in [2.75, 3.05) is 58.3 Å². The van der Waals surface area contributed by atoms with Crippen LogP contribution in [0.15, 0.2) is 11.6 Å². The molecule has 0 spiro atoms. The smallest absolute Gasteiger partial charge is 0.319 e. The summed E-state index contributed by atoms with van der Waals surface area (Å²) in [4.78, 5) is 36.9. The number of hydrogen-bond acceptors (Lipinski definition) is 5. The lowest BCUT2D eigenvalue weighted by Crippen LogP contribution is -2.53. The Kier molecular flexibility index (Phi) is 5.23. The molecule has 0 aliphatic carbocycles. The number of hydrogen-bond donors (Lipinski definition) is 0. The van der Waals surface area contributed by atoms with Crippen LogP contribution >= 0.6 is 11.3 Å². The fourth-order valence-corrected chi connectivity index (χ4v) is 4.08. The van der Waals surface area contributed by atoms with Crippen LogP contribution in [0, 0.1) is 5.92 Å². The number of carbonyl (C=O) groups excluding carboxylic acids is 2. The normalized spacial score (nSPS) is 21.8. The SMILES string of the molecule is CN(C)C(=O)N1CCCC(C(=O)N2CCN(c3nccs3)CC2)C1. The molecule has 24 heavy (non-hydrogen) atoms. The van der Waals surface area contributed by atoms with E-state index in [0.717, 1.165) is 50.7 Å². The molecule has 2 aliphatic heterocycles. The molecule has 132 valence electrons. The van der Waals surface area contributed by atoms with E-state index in [2.05, 4.69) is 9.88 Å². The molecule has 0 saturated carbocycles. The summed E-state index contributed by atoms with van der Waals surface area (Å²) in [6, 6.07) is 0.00101. The summed E-state index contributed by atoms with van der Waals surface area (Å²) in [7, 11) is 3.51. The van der Waals surface area contributed by atoms with Crippen LogP contribution in [0.5, 0.6) is 0 Å². The lowest BCUT2D eigenvalue weighted by Gasteiger charge is -2.39. The molecule has 2 aliphatic rings. The van der Waals surface area contributed by atoms with Gasteiger partial charge in [0.1, 0.15) is 0 Å². The Morgan fingerprint density at radius 2 is 1.92 bits per heavy atom. The molecule has 1 aromatic rings. The maximum Gasteiger partial charge on any atom is 0.319 e. The second kappa shape index (κ2) is 7.38. The van der Waals surface area contributed by atoms with Crippen LogP contribution in [0.2, 0.25) is 0 Å². The van der Waals surface area contributed by atoms with E-state index < -0.39 is 0 Å². The van der Waals surface area contributed by atoms with Crippen molar-refractivity contribution in [3.8, 4) is 0 Å². The average Bonchev–Trinajstić information content (AvgIpc) is 3.15. The summed E-state index contributed by atoms with van der Waals surface area (Å²) in [5, 5.41) is 3.01. The van der Waals surface area contributed by atoms with Crippen molar-refractivity contribution in [2.45, 2.75) is 12.8 Å². The third-order valence-electron chi connectivity index (χ3n) is 4.70. The van der Waals surface area contributed by atoms with Crippen LogP contribution in [0.1, 0.15) is 12.8 Å². The van der Waals surface area contributed by atoms with Crippen molar-refractivity contribution >= 4 is 28.4 Å². The Morgan fingerprint density at radius 3 is 2.54 bits per heavy atom. The van der Waals surface area contributed by atoms with E-state index in [9.17, 15) is 9.59 Å². The van der Waals surface area contributed by atoms with Gasteiger partial charge in [0.15, 0.2) is 5.13 Å². The molecule has 7 nitrogen and oxygen atoms in total. The molecule has 3 amide bonds. The van der Waals surface area contributed by atoms with Crippen LogP contribution < -0.4 is 4.90 Å². The number of anilines is 1. The first-order chi connectivity index (χ1) is 11.6. The first-order valence-corrected chi connectivity index (χ1v) is 9.33. The van der Waals surface area contributed by atoms with Gasteiger partial charge in [-0.25, -0.2) is 9.78 Å². The molecule has 3 heterocycles. The third kappa shape index (κ3) is 3.63. The van der Waals surface area contributed by atoms with Crippen molar-refractivity contribution in [1.29, 1.82) is 0 Å². The maximum absolute atomic E-state index is 12.8. The predicted octanol–water partition coefficient (Wildman–Crippen LogP) is 1.19. The van der Waals surface area contributed by atoms with Gasteiger partial charge in [-0.2, -0.15) is 0 Å². The van der Waals surface area contributed by atoms with Crippen molar-refractivity contribution in [2.24, 2.45) is 5.92 Å². The molecule has 0 aromatic carbocycles. The highest BCUT2D eigenvalue weighted by molar-refractivity contribution is 7.13. The Bertz CT molecular complexity index is 569. The number of urea groups is 1. The largest absolute Gasteiger partial charge is 0.345 e. The van der Waals surface area contributed by atoms with Crippen molar-refractivity contribution < 1.29 is 9.59 Å². The fraction of sp³-hybridized carbons (Fsp3) is 0.688. The third-order valence-corrected chi connectivity index (χ3v) is 5.54. The van der Waals surface area contributed by atoms with Gasteiger partial charge in [0.2, 0.25) is 5.91 Å². The van der Waals surface area contributed by atoms with E-state index in [4.69, 9.17) is 0 Å². The lowest BCUT2D eigenvalue weighted by molar-refractivity contribution is -0.137. The van der Waals surface area contributed by atoms with Crippen molar-refractivity contribution in [3.05, 3.63) is 11.6 Å². The number of rotatable bonds is 2. The van der Waals surface area contributed by atoms with Gasteiger partial charge in [-0.15, -0.1) is 11.3 Å². The lowest BCUT2D eigenvalue weighted by atomic mass is 9.96. The molecule has 2 saturated heterocycles. The van der Waals surface area contributed by atoms with Crippen LogP contribution in [0.3, 0.4) is 0 Å². The highest BCUT2D eigenvalue weighted by Gasteiger charge is 2.33. The molecule has 3 rings (SSSR count). The van der Waals surface area contributed by atoms with Gasteiger partial charge in [0, 0.05) is 64.9 Å². The topological polar surface area (TPSA) is 60.0 Å². The van der Waals surface area contributed by atoms with Crippen LogP contribution in [0.25, 0.3) is 0 Å². The van der Waals surface area contributed by atoms with Crippen LogP contribution in [0.4, 0.5) is 9.93 Å². The molecular weight excluding hydrogens is 326 g/mol. The zero-order valence-corrected chi connectivity index (χ0v) is 15.2. The minimum atomic E-state index is -0.0611. The Morgan fingerprint density at radius 1 is 1.17 bits per heavy atom. The van der Waals surface area contributed by atoms with E-state index >= 15 is 0 Å². The molecule has 1 unspecified atom stereocenters. The zero-order valence-electron chi connectivity index (χ0n) is 14.3. The van der Waals surface area contributed by atoms with Gasteiger partial charge in [0.25, 0.3) is 0 Å². The van der Waals surface area contributed by atoms with Crippen LogP contribution in [-0.2, 0) is 4.79 Å². The second-order valence-electron chi connectivity index (χ2n) is 6.59. The quantitative estimate of drug-likeness (QED) is 0.803.